The maximum atomic E-state index is 12.1. The first kappa shape index (κ1) is 14.8. The van der Waals surface area contributed by atoms with Crippen LogP contribution in [0.2, 0.25) is 0 Å². The van der Waals surface area contributed by atoms with Crippen LogP contribution in [0.15, 0.2) is 53.1 Å². The highest BCUT2D eigenvalue weighted by Gasteiger charge is 2.11. The van der Waals surface area contributed by atoms with Gasteiger partial charge in [0.05, 0.1) is 12.7 Å². The second-order valence-electron chi connectivity index (χ2n) is 4.79. The first-order valence-corrected chi connectivity index (χ1v) is 6.92. The SMILES string of the molecule is COc1ccc(OC(=O)c2ccc(-c3nc(C)no3)cc2)cc1. The third-order valence-electron chi connectivity index (χ3n) is 3.17. The number of carbonyl (C=O) groups excluding carboxylic acids is 1. The molecule has 0 bridgehead atoms. The molecular formula is C17H14N2O4. The number of nitrogens with zero attached hydrogens (tertiary/aromatic N) is 2. The Kier molecular flexibility index (Phi) is 4.05. The van der Waals surface area contributed by atoms with E-state index in [0.717, 1.165) is 5.56 Å². The molecule has 0 N–H and O–H groups in total. The summed E-state index contributed by atoms with van der Waals surface area (Å²) >= 11 is 0. The Labute approximate surface area is 132 Å². The Morgan fingerprint density at radius 1 is 1.00 bits per heavy atom. The lowest BCUT2D eigenvalue weighted by Crippen LogP contribution is -2.08. The molecule has 0 aliphatic carbocycles. The zero-order valence-corrected chi connectivity index (χ0v) is 12.6. The highest BCUT2D eigenvalue weighted by atomic mass is 16.5. The molecule has 6 nitrogen and oxygen atoms in total. The lowest BCUT2D eigenvalue weighted by molar-refractivity contribution is 0.0734. The van der Waals surface area contributed by atoms with Crippen molar-refractivity contribution in [3.05, 3.63) is 59.9 Å². The minimum absolute atomic E-state index is 0.414. The number of hydrogen-bond donors (Lipinski definition) is 0. The van der Waals surface area contributed by atoms with Gasteiger partial charge < -0.3 is 14.0 Å². The van der Waals surface area contributed by atoms with Crippen LogP contribution < -0.4 is 9.47 Å². The number of ether oxygens (including phenoxy) is 2. The summed E-state index contributed by atoms with van der Waals surface area (Å²) in [4.78, 5) is 16.2. The number of methoxy groups -OCH3 is 1. The standard InChI is InChI=1S/C17H14N2O4/c1-11-18-16(23-19-11)12-3-5-13(6-4-12)17(20)22-15-9-7-14(21-2)8-10-15/h3-10H,1-2H3. The van der Waals surface area contributed by atoms with Gasteiger partial charge in [-0.1, -0.05) is 5.16 Å². The van der Waals surface area contributed by atoms with Gasteiger partial charge in [-0.3, -0.25) is 0 Å². The zero-order valence-electron chi connectivity index (χ0n) is 12.6. The van der Waals surface area contributed by atoms with Crippen LogP contribution in [-0.4, -0.2) is 23.2 Å². The maximum absolute atomic E-state index is 12.1. The van der Waals surface area contributed by atoms with Gasteiger partial charge in [0.2, 0.25) is 0 Å². The van der Waals surface area contributed by atoms with Gasteiger partial charge in [-0.25, -0.2) is 4.79 Å². The number of hydrogen-bond acceptors (Lipinski definition) is 6. The van der Waals surface area contributed by atoms with Crippen molar-refractivity contribution >= 4 is 5.97 Å². The largest absolute Gasteiger partial charge is 0.497 e. The van der Waals surface area contributed by atoms with Crippen molar-refractivity contribution in [2.24, 2.45) is 0 Å². The summed E-state index contributed by atoms with van der Waals surface area (Å²) in [5, 5.41) is 3.73. The van der Waals surface area contributed by atoms with Crippen molar-refractivity contribution in [3.8, 4) is 23.0 Å². The molecule has 0 aliphatic heterocycles. The van der Waals surface area contributed by atoms with E-state index in [0.29, 0.717) is 28.8 Å². The van der Waals surface area contributed by atoms with Crippen molar-refractivity contribution < 1.29 is 18.8 Å². The molecule has 23 heavy (non-hydrogen) atoms. The van der Waals surface area contributed by atoms with Gasteiger partial charge in [0.1, 0.15) is 11.5 Å². The summed E-state index contributed by atoms with van der Waals surface area (Å²) in [6.07, 6.45) is 0. The molecule has 0 saturated heterocycles. The van der Waals surface area contributed by atoms with E-state index in [4.69, 9.17) is 14.0 Å². The quantitative estimate of drug-likeness (QED) is 0.544. The van der Waals surface area contributed by atoms with Crippen molar-refractivity contribution in [2.75, 3.05) is 7.11 Å². The Balaban J connectivity index is 1.72. The fraction of sp³-hybridized carbons (Fsp3) is 0.118. The van der Waals surface area contributed by atoms with E-state index >= 15 is 0 Å². The van der Waals surface area contributed by atoms with Crippen LogP contribution >= 0.6 is 0 Å². The monoisotopic (exact) mass is 310 g/mol. The van der Waals surface area contributed by atoms with Crippen molar-refractivity contribution in [2.45, 2.75) is 6.92 Å². The van der Waals surface area contributed by atoms with Crippen LogP contribution in [-0.2, 0) is 0 Å². The van der Waals surface area contributed by atoms with E-state index in [1.54, 1.807) is 62.6 Å². The van der Waals surface area contributed by atoms with Crippen molar-refractivity contribution in [3.63, 3.8) is 0 Å². The summed E-state index contributed by atoms with van der Waals surface area (Å²) in [6, 6.07) is 13.6. The van der Waals surface area contributed by atoms with E-state index in [1.165, 1.54) is 0 Å². The third kappa shape index (κ3) is 3.37. The van der Waals surface area contributed by atoms with Gasteiger partial charge >= 0.3 is 5.97 Å². The molecule has 0 unspecified atom stereocenters. The van der Waals surface area contributed by atoms with Gasteiger partial charge in [-0.05, 0) is 55.5 Å². The van der Waals surface area contributed by atoms with Crippen LogP contribution in [0.3, 0.4) is 0 Å². The number of esters is 1. The summed E-state index contributed by atoms with van der Waals surface area (Å²) in [5.41, 5.74) is 1.17. The van der Waals surface area contributed by atoms with Crippen molar-refractivity contribution in [1.29, 1.82) is 0 Å². The first-order valence-electron chi connectivity index (χ1n) is 6.92. The molecule has 116 valence electrons. The topological polar surface area (TPSA) is 74.5 Å². The molecule has 3 rings (SSSR count). The Bertz CT molecular complexity index is 807. The highest BCUT2D eigenvalue weighted by molar-refractivity contribution is 5.91. The third-order valence-corrected chi connectivity index (χ3v) is 3.17. The molecule has 2 aromatic carbocycles. The molecular weight excluding hydrogens is 296 g/mol. The predicted octanol–water partition coefficient (Wildman–Crippen LogP) is 3.27. The Morgan fingerprint density at radius 2 is 1.65 bits per heavy atom. The van der Waals surface area contributed by atoms with E-state index in [-0.39, 0.29) is 0 Å². The van der Waals surface area contributed by atoms with Crippen LogP contribution in [0.25, 0.3) is 11.5 Å². The number of aromatic nitrogens is 2. The molecule has 1 heterocycles. The van der Waals surface area contributed by atoms with E-state index in [9.17, 15) is 4.79 Å². The molecule has 0 atom stereocenters. The van der Waals surface area contributed by atoms with Gasteiger partial charge in [0, 0.05) is 5.56 Å². The first-order chi connectivity index (χ1) is 11.2. The molecule has 1 aromatic heterocycles. The minimum atomic E-state index is -0.441. The van der Waals surface area contributed by atoms with Gasteiger partial charge in [0.25, 0.3) is 5.89 Å². The summed E-state index contributed by atoms with van der Waals surface area (Å²) in [7, 11) is 1.58. The van der Waals surface area contributed by atoms with Gasteiger partial charge in [0.15, 0.2) is 5.82 Å². The van der Waals surface area contributed by atoms with Crippen LogP contribution in [0, 0.1) is 6.92 Å². The summed E-state index contributed by atoms with van der Waals surface area (Å²) in [5.74, 6) is 1.68. The highest BCUT2D eigenvalue weighted by Crippen LogP contribution is 2.20. The Morgan fingerprint density at radius 3 is 2.22 bits per heavy atom. The van der Waals surface area contributed by atoms with Gasteiger partial charge in [-0.2, -0.15) is 4.98 Å². The fourth-order valence-corrected chi connectivity index (χ4v) is 1.97. The minimum Gasteiger partial charge on any atom is -0.497 e. The maximum Gasteiger partial charge on any atom is 0.343 e. The average molecular weight is 310 g/mol. The second-order valence-corrected chi connectivity index (χ2v) is 4.79. The van der Waals surface area contributed by atoms with E-state index in [2.05, 4.69) is 10.1 Å². The van der Waals surface area contributed by atoms with Crippen LogP contribution in [0.4, 0.5) is 0 Å². The summed E-state index contributed by atoms with van der Waals surface area (Å²) < 4.78 is 15.4. The number of benzene rings is 2. The number of aryl methyl sites for hydroxylation is 1. The van der Waals surface area contributed by atoms with E-state index in [1.807, 2.05) is 0 Å². The normalized spacial score (nSPS) is 10.3. The molecule has 6 heteroatoms. The number of carbonyl (C=O) groups is 1. The molecule has 0 aliphatic rings. The fourth-order valence-electron chi connectivity index (χ4n) is 1.97. The summed E-state index contributed by atoms with van der Waals surface area (Å²) in [6.45, 7) is 1.74. The molecule has 0 saturated carbocycles. The second kappa shape index (κ2) is 6.31. The van der Waals surface area contributed by atoms with Crippen molar-refractivity contribution in [1.82, 2.24) is 10.1 Å². The number of rotatable bonds is 4. The zero-order chi connectivity index (χ0) is 16.2. The van der Waals surface area contributed by atoms with Crippen LogP contribution in [0.1, 0.15) is 16.2 Å². The molecule has 0 amide bonds. The molecule has 0 fully saturated rings. The van der Waals surface area contributed by atoms with Crippen LogP contribution in [0.5, 0.6) is 11.5 Å². The molecule has 3 aromatic rings. The lowest BCUT2D eigenvalue weighted by atomic mass is 10.1. The smallest absolute Gasteiger partial charge is 0.343 e. The average Bonchev–Trinajstić information content (AvgIpc) is 3.02. The van der Waals surface area contributed by atoms with Gasteiger partial charge in [-0.15, -0.1) is 0 Å². The molecule has 0 spiro atoms. The predicted molar refractivity (Wildman–Crippen MR) is 82.4 cm³/mol. The Hall–Kier alpha value is -3.15. The lowest BCUT2D eigenvalue weighted by Gasteiger charge is -2.05. The van der Waals surface area contributed by atoms with E-state index < -0.39 is 5.97 Å². The molecule has 0 radical (unpaired) electrons.